The number of carbonyl (C=O) groups is 1. The lowest BCUT2D eigenvalue weighted by Gasteiger charge is -2.31. The Kier molecular flexibility index (Phi) is 7.13. The number of hydrogen-bond donors (Lipinski definition) is 1. The lowest BCUT2D eigenvalue weighted by atomic mass is 10.1. The molecule has 2 heterocycles. The summed E-state index contributed by atoms with van der Waals surface area (Å²) >= 11 is 0. The zero-order chi connectivity index (χ0) is 22.6. The second kappa shape index (κ2) is 10.0. The van der Waals surface area contributed by atoms with E-state index in [9.17, 15) is 13.2 Å². The standard InChI is InChI=1S/C24H30N2O5S/c1-18-7-9-23(10-8-18)32(28,29)26-13-11-20(12-14-26)25-24(27)19-4-2-5-21(16-19)31-17-22-6-3-15-30-22/h2,4-5,7-10,16,20,22H,3,6,11-15,17H2,1H3,(H,25,27). The van der Waals surface area contributed by atoms with E-state index >= 15 is 0 Å². The molecule has 2 aliphatic heterocycles. The van der Waals surface area contributed by atoms with E-state index in [4.69, 9.17) is 9.47 Å². The maximum Gasteiger partial charge on any atom is 0.251 e. The first-order valence-corrected chi connectivity index (χ1v) is 12.6. The molecular formula is C24H30N2O5S. The van der Waals surface area contributed by atoms with Crippen LogP contribution in [0.15, 0.2) is 53.4 Å². The average Bonchev–Trinajstić information content (AvgIpc) is 3.32. The fourth-order valence-corrected chi connectivity index (χ4v) is 5.53. The molecule has 0 bridgehead atoms. The van der Waals surface area contributed by atoms with Gasteiger partial charge in [0.25, 0.3) is 5.91 Å². The number of amides is 1. The van der Waals surface area contributed by atoms with Crippen LogP contribution in [0.25, 0.3) is 0 Å². The van der Waals surface area contributed by atoms with Crippen LogP contribution in [0, 0.1) is 6.92 Å². The first kappa shape index (κ1) is 22.8. The Hall–Kier alpha value is -2.42. The van der Waals surface area contributed by atoms with Crippen molar-refractivity contribution in [1.82, 2.24) is 9.62 Å². The largest absolute Gasteiger partial charge is 0.491 e. The monoisotopic (exact) mass is 458 g/mol. The minimum Gasteiger partial charge on any atom is -0.491 e. The van der Waals surface area contributed by atoms with E-state index in [0.717, 1.165) is 25.0 Å². The number of nitrogens with zero attached hydrogens (tertiary/aromatic N) is 1. The second-order valence-electron chi connectivity index (χ2n) is 8.44. The van der Waals surface area contributed by atoms with Gasteiger partial charge in [-0.25, -0.2) is 8.42 Å². The number of aryl methyl sites for hydroxylation is 1. The SMILES string of the molecule is Cc1ccc(S(=O)(=O)N2CCC(NC(=O)c3cccc(OCC4CCCO4)c3)CC2)cc1. The highest BCUT2D eigenvalue weighted by Gasteiger charge is 2.30. The van der Waals surface area contributed by atoms with Gasteiger partial charge in [0, 0.05) is 31.3 Å². The lowest BCUT2D eigenvalue weighted by Crippen LogP contribution is -2.46. The maximum atomic E-state index is 12.9. The van der Waals surface area contributed by atoms with Crippen LogP contribution in [0.3, 0.4) is 0 Å². The average molecular weight is 459 g/mol. The number of hydrogen-bond acceptors (Lipinski definition) is 5. The summed E-state index contributed by atoms with van der Waals surface area (Å²) in [6.07, 6.45) is 3.33. The van der Waals surface area contributed by atoms with E-state index in [1.807, 2.05) is 13.0 Å². The number of ether oxygens (including phenoxy) is 2. The highest BCUT2D eigenvalue weighted by molar-refractivity contribution is 7.89. The summed E-state index contributed by atoms with van der Waals surface area (Å²) in [5, 5.41) is 3.04. The fraction of sp³-hybridized carbons (Fsp3) is 0.458. The molecule has 2 fully saturated rings. The second-order valence-corrected chi connectivity index (χ2v) is 10.4. The molecule has 2 aromatic carbocycles. The minimum atomic E-state index is -3.51. The molecule has 1 N–H and O–H groups in total. The Labute approximate surface area is 189 Å². The molecule has 1 unspecified atom stereocenters. The van der Waals surface area contributed by atoms with Gasteiger partial charge in [-0.2, -0.15) is 4.31 Å². The van der Waals surface area contributed by atoms with Crippen LogP contribution in [-0.4, -0.2) is 57.1 Å². The topological polar surface area (TPSA) is 84.9 Å². The molecule has 0 spiro atoms. The molecule has 0 saturated carbocycles. The molecule has 7 nitrogen and oxygen atoms in total. The van der Waals surface area contributed by atoms with Crippen molar-refractivity contribution in [2.75, 3.05) is 26.3 Å². The lowest BCUT2D eigenvalue weighted by molar-refractivity contribution is 0.0679. The molecule has 0 radical (unpaired) electrons. The highest BCUT2D eigenvalue weighted by atomic mass is 32.2. The van der Waals surface area contributed by atoms with Crippen LogP contribution in [0.2, 0.25) is 0 Å². The molecular weight excluding hydrogens is 428 g/mol. The van der Waals surface area contributed by atoms with E-state index < -0.39 is 10.0 Å². The van der Waals surface area contributed by atoms with Gasteiger partial charge in [-0.15, -0.1) is 0 Å². The number of nitrogens with one attached hydrogen (secondary N) is 1. The first-order valence-electron chi connectivity index (χ1n) is 11.1. The third-order valence-electron chi connectivity index (χ3n) is 6.00. The molecule has 0 aliphatic carbocycles. The number of benzene rings is 2. The molecule has 1 amide bonds. The van der Waals surface area contributed by atoms with Crippen LogP contribution >= 0.6 is 0 Å². The summed E-state index contributed by atoms with van der Waals surface area (Å²) in [6, 6.07) is 14.0. The van der Waals surface area contributed by atoms with Crippen molar-refractivity contribution in [2.24, 2.45) is 0 Å². The van der Waals surface area contributed by atoms with Crippen LogP contribution in [0.5, 0.6) is 5.75 Å². The van der Waals surface area contributed by atoms with E-state index in [0.29, 0.717) is 48.7 Å². The van der Waals surface area contributed by atoms with Gasteiger partial charge in [0.2, 0.25) is 10.0 Å². The van der Waals surface area contributed by atoms with Crippen molar-refractivity contribution in [2.45, 2.75) is 49.6 Å². The summed E-state index contributed by atoms with van der Waals surface area (Å²) in [5.74, 6) is 0.472. The zero-order valence-electron chi connectivity index (χ0n) is 18.3. The Morgan fingerprint density at radius 2 is 1.88 bits per heavy atom. The Morgan fingerprint density at radius 1 is 1.12 bits per heavy atom. The van der Waals surface area contributed by atoms with Gasteiger partial charge in [0.05, 0.1) is 11.0 Å². The summed E-state index contributed by atoms with van der Waals surface area (Å²) in [4.78, 5) is 13.0. The molecule has 8 heteroatoms. The van der Waals surface area contributed by atoms with E-state index in [-0.39, 0.29) is 18.1 Å². The fourth-order valence-electron chi connectivity index (χ4n) is 4.06. The van der Waals surface area contributed by atoms with Crippen molar-refractivity contribution in [3.05, 3.63) is 59.7 Å². The van der Waals surface area contributed by atoms with E-state index in [1.54, 1.807) is 42.5 Å². The summed E-state index contributed by atoms with van der Waals surface area (Å²) < 4.78 is 38.6. The van der Waals surface area contributed by atoms with Crippen molar-refractivity contribution in [3.8, 4) is 5.75 Å². The molecule has 172 valence electrons. The van der Waals surface area contributed by atoms with Crippen LogP contribution in [0.4, 0.5) is 0 Å². The predicted octanol–water partition coefficient (Wildman–Crippen LogP) is 3.14. The van der Waals surface area contributed by atoms with Crippen molar-refractivity contribution >= 4 is 15.9 Å². The quantitative estimate of drug-likeness (QED) is 0.689. The van der Waals surface area contributed by atoms with Crippen molar-refractivity contribution in [3.63, 3.8) is 0 Å². The molecule has 2 saturated heterocycles. The summed E-state index contributed by atoms with van der Waals surface area (Å²) in [5.41, 5.74) is 1.55. The van der Waals surface area contributed by atoms with Gasteiger partial charge < -0.3 is 14.8 Å². The highest BCUT2D eigenvalue weighted by Crippen LogP contribution is 2.22. The summed E-state index contributed by atoms with van der Waals surface area (Å²) in [7, 11) is -3.51. The normalized spacial score (nSPS) is 20.2. The molecule has 32 heavy (non-hydrogen) atoms. The van der Waals surface area contributed by atoms with Crippen LogP contribution < -0.4 is 10.1 Å². The van der Waals surface area contributed by atoms with Crippen LogP contribution in [-0.2, 0) is 14.8 Å². The van der Waals surface area contributed by atoms with Crippen LogP contribution in [0.1, 0.15) is 41.6 Å². The molecule has 1 atom stereocenters. The number of piperidine rings is 1. The Morgan fingerprint density at radius 3 is 2.56 bits per heavy atom. The van der Waals surface area contributed by atoms with Gasteiger partial charge in [-0.3, -0.25) is 4.79 Å². The first-order chi connectivity index (χ1) is 15.4. The smallest absolute Gasteiger partial charge is 0.251 e. The van der Waals surface area contributed by atoms with E-state index in [2.05, 4.69) is 5.32 Å². The number of rotatable bonds is 7. The molecule has 0 aromatic heterocycles. The van der Waals surface area contributed by atoms with Gasteiger partial charge in [-0.05, 0) is 62.9 Å². The third kappa shape index (κ3) is 5.49. The molecule has 4 rings (SSSR count). The maximum absolute atomic E-state index is 12.9. The third-order valence-corrected chi connectivity index (χ3v) is 7.92. The van der Waals surface area contributed by atoms with Gasteiger partial charge in [0.15, 0.2) is 0 Å². The molecule has 2 aromatic rings. The van der Waals surface area contributed by atoms with Crippen molar-refractivity contribution < 1.29 is 22.7 Å². The van der Waals surface area contributed by atoms with Gasteiger partial charge >= 0.3 is 0 Å². The summed E-state index contributed by atoms with van der Waals surface area (Å²) in [6.45, 7) is 3.95. The molecule has 2 aliphatic rings. The number of carbonyl (C=O) groups excluding carboxylic acids is 1. The van der Waals surface area contributed by atoms with Gasteiger partial charge in [-0.1, -0.05) is 23.8 Å². The minimum absolute atomic E-state index is 0.0663. The van der Waals surface area contributed by atoms with Gasteiger partial charge in [0.1, 0.15) is 12.4 Å². The zero-order valence-corrected chi connectivity index (χ0v) is 19.1. The Bertz CT molecular complexity index is 1020. The predicted molar refractivity (Wildman–Crippen MR) is 121 cm³/mol. The Balaban J connectivity index is 1.29. The van der Waals surface area contributed by atoms with E-state index in [1.165, 1.54) is 4.31 Å². The van der Waals surface area contributed by atoms with Crippen molar-refractivity contribution in [1.29, 1.82) is 0 Å². The number of sulfonamides is 1.